The third-order valence-corrected chi connectivity index (χ3v) is 6.10. The van der Waals surface area contributed by atoms with E-state index in [4.69, 9.17) is 0 Å². The molecule has 5 rings (SSSR count). The van der Waals surface area contributed by atoms with E-state index in [1.807, 2.05) is 12.1 Å². The molecule has 0 atom stereocenters. The first kappa shape index (κ1) is 21.6. The largest absolute Gasteiger partial charge is 0.368 e. The molecule has 1 aliphatic rings. The molecule has 1 saturated heterocycles. The number of aromatic amines is 1. The van der Waals surface area contributed by atoms with Gasteiger partial charge in [0.1, 0.15) is 5.82 Å². The van der Waals surface area contributed by atoms with Crippen LogP contribution in [-0.2, 0) is 6.54 Å². The highest BCUT2D eigenvalue weighted by Gasteiger charge is 2.24. The molecule has 1 amide bonds. The highest BCUT2D eigenvalue weighted by Crippen LogP contribution is 2.19. The zero-order valence-corrected chi connectivity index (χ0v) is 18.3. The van der Waals surface area contributed by atoms with Crippen LogP contribution in [-0.4, -0.2) is 51.5 Å². The summed E-state index contributed by atoms with van der Waals surface area (Å²) in [5.41, 5.74) is 1.04. The van der Waals surface area contributed by atoms with Gasteiger partial charge >= 0.3 is 5.69 Å². The van der Waals surface area contributed by atoms with Crippen molar-refractivity contribution in [1.82, 2.24) is 19.4 Å². The highest BCUT2D eigenvalue weighted by molar-refractivity contribution is 5.95. The number of fused-ring (bicyclic) bond motifs is 1. The topological polar surface area (TPSA) is 91.3 Å². The lowest BCUT2D eigenvalue weighted by Crippen LogP contribution is -2.49. The number of hydrogen-bond donors (Lipinski definition) is 1. The highest BCUT2D eigenvalue weighted by atomic mass is 19.1. The number of anilines is 1. The van der Waals surface area contributed by atoms with Gasteiger partial charge in [0.15, 0.2) is 0 Å². The molecular weight excluding hydrogens is 437 g/mol. The van der Waals surface area contributed by atoms with Crippen LogP contribution in [0.25, 0.3) is 10.9 Å². The van der Waals surface area contributed by atoms with Crippen molar-refractivity contribution < 1.29 is 9.18 Å². The lowest BCUT2D eigenvalue weighted by atomic mass is 10.1. The standard InChI is InChI=1S/C25H22FN5O3/c26-21-6-5-17(16-31-22-4-2-1-3-19(22)23(32)28-25(31)34)15-20(21)24(33)30-13-11-29(12-14-30)18-7-9-27-10-8-18/h1-10,15H,11-14,16H2,(H,28,32,34). The van der Waals surface area contributed by atoms with E-state index in [0.717, 1.165) is 5.69 Å². The summed E-state index contributed by atoms with van der Waals surface area (Å²) in [6, 6.07) is 14.9. The van der Waals surface area contributed by atoms with Crippen LogP contribution < -0.4 is 16.1 Å². The number of nitrogens with zero attached hydrogens (tertiary/aromatic N) is 4. The monoisotopic (exact) mass is 459 g/mol. The lowest BCUT2D eigenvalue weighted by Gasteiger charge is -2.36. The first-order chi connectivity index (χ1) is 16.5. The van der Waals surface area contributed by atoms with Crippen molar-refractivity contribution in [2.75, 3.05) is 31.1 Å². The number of carbonyl (C=O) groups is 1. The Morgan fingerprint density at radius 2 is 1.71 bits per heavy atom. The van der Waals surface area contributed by atoms with Crippen LogP contribution in [0.15, 0.2) is 76.6 Å². The van der Waals surface area contributed by atoms with Gasteiger partial charge in [-0.15, -0.1) is 0 Å². The molecule has 0 spiro atoms. The molecule has 3 heterocycles. The first-order valence-corrected chi connectivity index (χ1v) is 11.0. The Balaban J connectivity index is 1.38. The summed E-state index contributed by atoms with van der Waals surface area (Å²) in [5.74, 6) is -0.989. The third-order valence-electron chi connectivity index (χ3n) is 6.10. The number of amides is 1. The smallest absolute Gasteiger partial charge is 0.329 e. The van der Waals surface area contributed by atoms with Gasteiger partial charge in [0, 0.05) is 44.3 Å². The molecule has 0 saturated carbocycles. The van der Waals surface area contributed by atoms with Crippen LogP contribution in [0.3, 0.4) is 0 Å². The molecule has 1 aliphatic heterocycles. The van der Waals surface area contributed by atoms with E-state index in [0.29, 0.717) is 42.6 Å². The number of nitrogens with one attached hydrogen (secondary N) is 1. The van der Waals surface area contributed by atoms with Crippen LogP contribution in [0.2, 0.25) is 0 Å². The minimum atomic E-state index is -0.607. The van der Waals surface area contributed by atoms with E-state index in [-0.39, 0.29) is 18.0 Å². The molecule has 0 radical (unpaired) electrons. The third kappa shape index (κ3) is 4.07. The number of piperazine rings is 1. The van der Waals surface area contributed by atoms with E-state index in [9.17, 15) is 18.8 Å². The summed E-state index contributed by atoms with van der Waals surface area (Å²) in [6.45, 7) is 2.29. The fourth-order valence-electron chi connectivity index (χ4n) is 4.31. The van der Waals surface area contributed by atoms with Gasteiger partial charge in [0.05, 0.1) is 23.0 Å². The number of para-hydroxylation sites is 1. The van der Waals surface area contributed by atoms with Gasteiger partial charge in [-0.2, -0.15) is 0 Å². The Hall–Kier alpha value is -4.27. The van der Waals surface area contributed by atoms with Gasteiger partial charge in [-0.05, 0) is 42.0 Å². The van der Waals surface area contributed by atoms with E-state index in [2.05, 4.69) is 14.9 Å². The Bertz CT molecular complexity index is 1470. The lowest BCUT2D eigenvalue weighted by molar-refractivity contribution is 0.0742. The normalized spacial score (nSPS) is 13.9. The van der Waals surface area contributed by atoms with Crippen LogP contribution in [0, 0.1) is 5.82 Å². The SMILES string of the molecule is O=C(c1cc(Cn2c(=O)[nH]c(=O)c3ccccc32)ccc1F)N1CCN(c2ccncc2)CC1. The average Bonchev–Trinajstić information content (AvgIpc) is 2.88. The molecule has 0 aliphatic carbocycles. The van der Waals surface area contributed by atoms with E-state index in [1.165, 1.54) is 16.7 Å². The summed E-state index contributed by atoms with van der Waals surface area (Å²) in [5, 5.41) is 0.382. The zero-order valence-electron chi connectivity index (χ0n) is 18.3. The fourth-order valence-corrected chi connectivity index (χ4v) is 4.31. The minimum absolute atomic E-state index is 0.0309. The fraction of sp³-hybridized carbons (Fsp3) is 0.200. The predicted octanol–water partition coefficient (Wildman–Crippen LogP) is 2.23. The molecule has 4 aromatic rings. The van der Waals surface area contributed by atoms with Crippen LogP contribution >= 0.6 is 0 Å². The van der Waals surface area contributed by atoms with Gasteiger partial charge in [-0.25, -0.2) is 9.18 Å². The molecule has 0 unspecified atom stereocenters. The number of H-pyrrole nitrogens is 1. The van der Waals surface area contributed by atoms with Gasteiger partial charge in [0.2, 0.25) is 0 Å². The van der Waals surface area contributed by atoms with Crippen molar-refractivity contribution >= 4 is 22.5 Å². The van der Waals surface area contributed by atoms with Crippen molar-refractivity contribution in [1.29, 1.82) is 0 Å². The molecule has 172 valence electrons. The summed E-state index contributed by atoms with van der Waals surface area (Å²) in [4.78, 5) is 47.9. The summed E-state index contributed by atoms with van der Waals surface area (Å²) in [7, 11) is 0. The Morgan fingerprint density at radius 1 is 0.971 bits per heavy atom. The number of rotatable bonds is 4. The molecular formula is C25H22FN5O3. The maximum Gasteiger partial charge on any atom is 0.329 e. The molecule has 2 aromatic heterocycles. The van der Waals surface area contributed by atoms with Crippen molar-refractivity contribution in [3.63, 3.8) is 0 Å². The summed E-state index contributed by atoms with van der Waals surface area (Å²) < 4.78 is 16.1. The van der Waals surface area contributed by atoms with Crippen molar-refractivity contribution in [2.45, 2.75) is 6.54 Å². The molecule has 2 aromatic carbocycles. The average molecular weight is 459 g/mol. The maximum atomic E-state index is 14.7. The van der Waals surface area contributed by atoms with Crippen molar-refractivity contribution in [3.8, 4) is 0 Å². The van der Waals surface area contributed by atoms with Gasteiger partial charge < -0.3 is 9.80 Å². The number of aromatic nitrogens is 3. The van der Waals surface area contributed by atoms with Gasteiger partial charge in [0.25, 0.3) is 11.5 Å². The molecule has 9 heteroatoms. The Morgan fingerprint density at radius 3 is 2.47 bits per heavy atom. The number of carbonyl (C=O) groups excluding carboxylic acids is 1. The van der Waals surface area contributed by atoms with Gasteiger partial charge in [-0.3, -0.25) is 24.1 Å². The van der Waals surface area contributed by atoms with Gasteiger partial charge in [-0.1, -0.05) is 18.2 Å². The van der Waals surface area contributed by atoms with Crippen LogP contribution in [0.4, 0.5) is 10.1 Å². The van der Waals surface area contributed by atoms with Crippen molar-refractivity contribution in [3.05, 3.63) is 105 Å². The van der Waals surface area contributed by atoms with E-state index < -0.39 is 17.1 Å². The molecule has 34 heavy (non-hydrogen) atoms. The zero-order chi connectivity index (χ0) is 23.7. The first-order valence-electron chi connectivity index (χ1n) is 11.0. The summed E-state index contributed by atoms with van der Waals surface area (Å²) >= 11 is 0. The minimum Gasteiger partial charge on any atom is -0.368 e. The quantitative estimate of drug-likeness (QED) is 0.506. The number of hydrogen-bond acceptors (Lipinski definition) is 5. The maximum absolute atomic E-state index is 14.7. The van der Waals surface area contributed by atoms with E-state index in [1.54, 1.807) is 47.6 Å². The summed E-state index contributed by atoms with van der Waals surface area (Å²) in [6.07, 6.45) is 3.45. The number of halogens is 1. The Kier molecular flexibility index (Phi) is 5.67. The molecule has 1 N–H and O–H groups in total. The second kappa shape index (κ2) is 8.93. The molecule has 8 nitrogen and oxygen atoms in total. The molecule has 0 bridgehead atoms. The van der Waals surface area contributed by atoms with Crippen molar-refractivity contribution in [2.24, 2.45) is 0 Å². The predicted molar refractivity (Wildman–Crippen MR) is 127 cm³/mol. The Labute approximate surface area is 193 Å². The molecule has 1 fully saturated rings. The second-order valence-electron chi connectivity index (χ2n) is 8.16. The number of benzene rings is 2. The van der Waals surface area contributed by atoms with Crippen LogP contribution in [0.5, 0.6) is 0 Å². The second-order valence-corrected chi connectivity index (χ2v) is 8.16. The van der Waals surface area contributed by atoms with Crippen LogP contribution in [0.1, 0.15) is 15.9 Å². The number of pyridine rings is 1. The van der Waals surface area contributed by atoms with E-state index >= 15 is 0 Å².